The van der Waals surface area contributed by atoms with Crippen LogP contribution < -0.4 is 0 Å². The molecule has 0 spiro atoms. The third-order valence-corrected chi connectivity index (χ3v) is 1.94. The summed E-state index contributed by atoms with van der Waals surface area (Å²) in [5, 5.41) is 8.63. The molecule has 0 aliphatic heterocycles. The minimum absolute atomic E-state index is 0.121. The van der Waals surface area contributed by atoms with Crippen molar-refractivity contribution in [2.45, 2.75) is 6.92 Å². The molecule has 0 heterocycles. The van der Waals surface area contributed by atoms with Crippen molar-refractivity contribution in [3.63, 3.8) is 0 Å². The topological polar surface area (TPSA) is 37.3 Å². The summed E-state index contributed by atoms with van der Waals surface area (Å²) in [5.41, 5.74) is 0.775. The summed E-state index contributed by atoms with van der Waals surface area (Å²) in [5.74, 6) is 0.443. The average molecular weight is 214 g/mol. The van der Waals surface area contributed by atoms with E-state index < -0.39 is 0 Å². The summed E-state index contributed by atoms with van der Waals surface area (Å²) in [6.07, 6.45) is 0. The summed E-state index contributed by atoms with van der Waals surface area (Å²) >= 11 is 0. The lowest BCUT2D eigenvalue weighted by molar-refractivity contribution is 0.101. The van der Waals surface area contributed by atoms with E-state index in [2.05, 4.69) is 0 Å². The molecule has 0 aliphatic carbocycles. The highest BCUT2D eigenvalue weighted by Crippen LogP contribution is 2.02. The molecule has 2 rings (SSSR count). The largest absolute Gasteiger partial charge is 0.508 e. The van der Waals surface area contributed by atoms with Crippen molar-refractivity contribution in [1.29, 1.82) is 0 Å². The molecule has 0 fully saturated rings. The standard InChI is InChI=1S/C8H8O.C6H6O/c1-7(9)8-5-3-2-4-6-8;7-6-4-2-1-3-5-6/h2-6H,1H3;1-5,7H. The van der Waals surface area contributed by atoms with Gasteiger partial charge in [-0.3, -0.25) is 4.79 Å². The minimum Gasteiger partial charge on any atom is -0.508 e. The third kappa shape index (κ3) is 4.42. The quantitative estimate of drug-likeness (QED) is 0.740. The van der Waals surface area contributed by atoms with Gasteiger partial charge in [-0.1, -0.05) is 48.5 Å². The Hall–Kier alpha value is -2.09. The predicted octanol–water partition coefficient (Wildman–Crippen LogP) is 3.28. The lowest BCUT2D eigenvalue weighted by Crippen LogP contribution is -1.88. The first-order valence-corrected chi connectivity index (χ1v) is 5.00. The van der Waals surface area contributed by atoms with Gasteiger partial charge >= 0.3 is 0 Å². The zero-order valence-corrected chi connectivity index (χ0v) is 9.13. The summed E-state index contributed by atoms with van der Waals surface area (Å²) < 4.78 is 0. The number of Topliss-reactive ketones (excluding diaryl/α,β-unsaturated/α-hetero) is 1. The first-order chi connectivity index (χ1) is 7.70. The Morgan fingerprint density at radius 3 is 1.56 bits per heavy atom. The molecule has 2 aromatic rings. The first-order valence-electron chi connectivity index (χ1n) is 5.00. The lowest BCUT2D eigenvalue weighted by atomic mass is 10.2. The van der Waals surface area contributed by atoms with Crippen molar-refractivity contribution in [2.24, 2.45) is 0 Å². The van der Waals surface area contributed by atoms with Crippen LogP contribution in [0.25, 0.3) is 0 Å². The van der Waals surface area contributed by atoms with Crippen LogP contribution in [-0.2, 0) is 0 Å². The molecule has 0 aromatic heterocycles. The van der Waals surface area contributed by atoms with Crippen LogP contribution in [0.1, 0.15) is 17.3 Å². The van der Waals surface area contributed by atoms with Gasteiger partial charge in [0.2, 0.25) is 0 Å². The second-order valence-corrected chi connectivity index (χ2v) is 3.26. The van der Waals surface area contributed by atoms with Gasteiger partial charge in [0.15, 0.2) is 5.78 Å². The molecule has 0 atom stereocenters. The van der Waals surface area contributed by atoms with Crippen LogP contribution in [-0.4, -0.2) is 10.9 Å². The van der Waals surface area contributed by atoms with Gasteiger partial charge in [0, 0.05) is 5.56 Å². The molecule has 0 amide bonds. The molecular weight excluding hydrogens is 200 g/mol. The molecule has 82 valence electrons. The number of ketones is 1. The van der Waals surface area contributed by atoms with Gasteiger partial charge in [0.05, 0.1) is 0 Å². The molecule has 0 saturated carbocycles. The molecule has 1 N–H and O–H groups in total. The van der Waals surface area contributed by atoms with Crippen LogP contribution in [0, 0.1) is 0 Å². The first kappa shape index (κ1) is 12.0. The molecule has 16 heavy (non-hydrogen) atoms. The summed E-state index contributed by atoms with van der Waals surface area (Å²) in [6, 6.07) is 17.9. The SMILES string of the molecule is CC(=O)c1ccccc1.Oc1ccccc1. The number of rotatable bonds is 1. The van der Waals surface area contributed by atoms with Gasteiger partial charge in [0.25, 0.3) is 0 Å². The van der Waals surface area contributed by atoms with Gasteiger partial charge in [-0.05, 0) is 19.1 Å². The Kier molecular flexibility index (Phi) is 4.80. The van der Waals surface area contributed by atoms with Gasteiger partial charge in [-0.15, -0.1) is 0 Å². The number of hydrogen-bond donors (Lipinski definition) is 1. The molecule has 0 radical (unpaired) electrons. The fourth-order valence-electron chi connectivity index (χ4n) is 1.10. The number of carbonyl (C=O) groups excluding carboxylic acids is 1. The fourth-order valence-corrected chi connectivity index (χ4v) is 1.10. The van der Waals surface area contributed by atoms with Gasteiger partial charge in [-0.25, -0.2) is 0 Å². The van der Waals surface area contributed by atoms with Crippen LogP contribution in [0.15, 0.2) is 60.7 Å². The maximum atomic E-state index is 10.6. The maximum Gasteiger partial charge on any atom is 0.159 e. The monoisotopic (exact) mass is 214 g/mol. The summed E-state index contributed by atoms with van der Waals surface area (Å²) in [6.45, 7) is 1.56. The van der Waals surface area contributed by atoms with Crippen molar-refractivity contribution in [1.82, 2.24) is 0 Å². The van der Waals surface area contributed by atoms with E-state index in [1.165, 1.54) is 0 Å². The van der Waals surface area contributed by atoms with E-state index >= 15 is 0 Å². The van der Waals surface area contributed by atoms with Crippen LogP contribution in [0.3, 0.4) is 0 Å². The zero-order valence-electron chi connectivity index (χ0n) is 9.13. The van der Waals surface area contributed by atoms with Gasteiger partial charge in [0.1, 0.15) is 5.75 Å². The minimum atomic E-state index is 0.121. The third-order valence-electron chi connectivity index (χ3n) is 1.94. The number of carbonyl (C=O) groups is 1. The highest BCUT2D eigenvalue weighted by molar-refractivity contribution is 5.93. The van der Waals surface area contributed by atoms with Crippen molar-refractivity contribution >= 4 is 5.78 Å². The molecule has 0 bridgehead atoms. The van der Waals surface area contributed by atoms with Gasteiger partial charge < -0.3 is 5.11 Å². The van der Waals surface area contributed by atoms with Crippen LogP contribution in [0.5, 0.6) is 5.75 Å². The molecule has 0 unspecified atom stereocenters. The van der Waals surface area contributed by atoms with Crippen molar-refractivity contribution in [3.05, 3.63) is 66.2 Å². The highest BCUT2D eigenvalue weighted by Gasteiger charge is 1.92. The Morgan fingerprint density at radius 2 is 1.31 bits per heavy atom. The van der Waals surface area contributed by atoms with E-state index in [0.717, 1.165) is 5.56 Å². The number of phenolic OH excluding ortho intramolecular Hbond substituents is 1. The van der Waals surface area contributed by atoms with Crippen LogP contribution in [0.4, 0.5) is 0 Å². The van der Waals surface area contributed by atoms with E-state index in [1.54, 1.807) is 31.2 Å². The van der Waals surface area contributed by atoms with Gasteiger partial charge in [-0.2, -0.15) is 0 Å². The lowest BCUT2D eigenvalue weighted by Gasteiger charge is -1.89. The summed E-state index contributed by atoms with van der Waals surface area (Å²) in [4.78, 5) is 10.6. The summed E-state index contributed by atoms with van der Waals surface area (Å²) in [7, 11) is 0. The van der Waals surface area contributed by atoms with Crippen molar-refractivity contribution in [2.75, 3.05) is 0 Å². The van der Waals surface area contributed by atoms with Crippen LogP contribution >= 0.6 is 0 Å². The number of aromatic hydroxyl groups is 1. The second kappa shape index (κ2) is 6.40. The van der Waals surface area contributed by atoms with E-state index in [9.17, 15) is 4.79 Å². The molecule has 2 nitrogen and oxygen atoms in total. The van der Waals surface area contributed by atoms with E-state index in [1.807, 2.05) is 36.4 Å². The van der Waals surface area contributed by atoms with Crippen molar-refractivity contribution < 1.29 is 9.90 Å². The average Bonchev–Trinajstić information content (AvgIpc) is 2.32. The van der Waals surface area contributed by atoms with Crippen LogP contribution in [0.2, 0.25) is 0 Å². The molecule has 2 aromatic carbocycles. The normalized spacial score (nSPS) is 8.81. The van der Waals surface area contributed by atoms with E-state index in [0.29, 0.717) is 5.75 Å². The highest BCUT2D eigenvalue weighted by atomic mass is 16.3. The Morgan fingerprint density at radius 1 is 0.875 bits per heavy atom. The van der Waals surface area contributed by atoms with Crippen molar-refractivity contribution in [3.8, 4) is 5.75 Å². The number of benzene rings is 2. The molecule has 0 aliphatic rings. The predicted molar refractivity (Wildman–Crippen MR) is 64.6 cm³/mol. The second-order valence-electron chi connectivity index (χ2n) is 3.26. The molecule has 0 saturated heterocycles. The fraction of sp³-hybridized carbons (Fsp3) is 0.0714. The molecule has 2 heteroatoms. The maximum absolute atomic E-state index is 10.6. The number of para-hydroxylation sites is 1. The van der Waals surface area contributed by atoms with E-state index in [-0.39, 0.29) is 5.78 Å². The van der Waals surface area contributed by atoms with E-state index in [4.69, 9.17) is 5.11 Å². The number of phenols is 1. The number of hydrogen-bond acceptors (Lipinski definition) is 2. The Labute approximate surface area is 95.2 Å². The zero-order chi connectivity index (χ0) is 11.8. The smallest absolute Gasteiger partial charge is 0.159 e. The molecular formula is C14H14O2. The Balaban J connectivity index is 0.000000165. The Bertz CT molecular complexity index is 421.